The minimum atomic E-state index is -3.14. The fraction of sp³-hybridized carbons (Fsp3) is 0.250. The van der Waals surface area contributed by atoms with Crippen molar-refractivity contribution in [1.82, 2.24) is 0 Å². The minimum absolute atomic E-state index is 0.205. The molecule has 1 heterocycles. The number of anilines is 1. The molecule has 1 unspecified atom stereocenters. The number of hydrogen-bond acceptors (Lipinski definition) is 2. The average molecular weight is 445 g/mol. The summed E-state index contributed by atoms with van der Waals surface area (Å²) in [5.41, 5.74) is 7.93. The second kappa shape index (κ2) is 9.93. The normalized spacial score (nSPS) is 20.2. The van der Waals surface area contributed by atoms with E-state index in [9.17, 15) is 13.6 Å². The molecule has 3 aliphatic rings. The second-order valence-electron chi connectivity index (χ2n) is 8.32. The summed E-state index contributed by atoms with van der Waals surface area (Å²) in [5, 5.41) is 2.67. The standard InChI is InChI=1S/C28H26F2N2O/c1-2-28(29,30)23-11-5-12-24(19-23)32-26(33)17-15-20-7-3-9-22(16-14-20)27-25-13-4-8-21(25)10-6-18-31-27/h2,4-5,9-13,15,17-20H,1,3,7-8,14,16H2,(H,32,33). The molecule has 1 aromatic rings. The number of alkyl halides is 2. The van der Waals surface area contributed by atoms with Gasteiger partial charge < -0.3 is 5.32 Å². The molecular weight excluding hydrogens is 418 g/mol. The third kappa shape index (κ3) is 5.44. The Hall–Kier alpha value is -3.56. The fourth-order valence-electron chi connectivity index (χ4n) is 4.25. The maximum atomic E-state index is 13.8. The van der Waals surface area contributed by atoms with Crippen LogP contribution >= 0.6 is 0 Å². The Balaban J connectivity index is 1.36. The van der Waals surface area contributed by atoms with Crippen molar-refractivity contribution < 1.29 is 13.6 Å². The topological polar surface area (TPSA) is 41.5 Å². The predicted molar refractivity (Wildman–Crippen MR) is 129 cm³/mol. The molecular formula is C28H26F2N2O. The number of nitrogens with zero attached hydrogens (tertiary/aromatic N) is 1. The number of aliphatic imine (C=N–C) groups is 1. The van der Waals surface area contributed by atoms with Crippen molar-refractivity contribution >= 4 is 17.3 Å². The summed E-state index contributed by atoms with van der Waals surface area (Å²) in [7, 11) is 0. The second-order valence-corrected chi connectivity index (χ2v) is 8.32. The van der Waals surface area contributed by atoms with Crippen LogP contribution in [0.25, 0.3) is 0 Å². The summed E-state index contributed by atoms with van der Waals surface area (Å²) in [4.78, 5) is 17.0. The smallest absolute Gasteiger partial charge is 0.291 e. The highest BCUT2D eigenvalue weighted by Crippen LogP contribution is 2.32. The quantitative estimate of drug-likeness (QED) is 0.288. The molecule has 5 heteroatoms. The lowest BCUT2D eigenvalue weighted by atomic mass is 9.94. The van der Waals surface area contributed by atoms with E-state index in [2.05, 4.69) is 40.8 Å². The molecule has 0 saturated heterocycles. The fourth-order valence-corrected chi connectivity index (χ4v) is 4.25. The van der Waals surface area contributed by atoms with Gasteiger partial charge in [-0.25, -0.2) is 4.99 Å². The van der Waals surface area contributed by atoms with Gasteiger partial charge in [-0.1, -0.05) is 43.0 Å². The molecule has 2 aliphatic carbocycles. The van der Waals surface area contributed by atoms with Crippen molar-refractivity contribution in [3.8, 4) is 0 Å². The number of rotatable bonds is 6. The number of carbonyl (C=O) groups is 1. The molecule has 0 fully saturated rings. The van der Waals surface area contributed by atoms with Gasteiger partial charge in [-0.05, 0) is 79.5 Å². The first-order chi connectivity index (χ1) is 16.0. The Labute approximate surface area is 193 Å². The van der Waals surface area contributed by atoms with Crippen LogP contribution in [0.2, 0.25) is 0 Å². The first kappa shape index (κ1) is 22.6. The van der Waals surface area contributed by atoms with Crippen LogP contribution in [0, 0.1) is 5.92 Å². The molecule has 1 atom stereocenters. The van der Waals surface area contributed by atoms with E-state index in [0.717, 1.165) is 37.8 Å². The molecule has 4 rings (SSSR count). The lowest BCUT2D eigenvalue weighted by Crippen LogP contribution is -2.12. The molecule has 0 saturated carbocycles. The molecule has 33 heavy (non-hydrogen) atoms. The van der Waals surface area contributed by atoms with E-state index in [4.69, 9.17) is 0 Å². The summed E-state index contributed by atoms with van der Waals surface area (Å²) in [6, 6.07) is 5.67. The Morgan fingerprint density at radius 2 is 2.18 bits per heavy atom. The van der Waals surface area contributed by atoms with Crippen molar-refractivity contribution in [2.24, 2.45) is 10.9 Å². The number of carbonyl (C=O) groups excluding carboxylic acids is 1. The highest BCUT2D eigenvalue weighted by molar-refractivity contribution is 6.15. The maximum absolute atomic E-state index is 13.8. The van der Waals surface area contributed by atoms with E-state index >= 15 is 0 Å². The van der Waals surface area contributed by atoms with Gasteiger partial charge in [0.05, 0.1) is 11.9 Å². The Bertz CT molecular complexity index is 1170. The number of benzene rings is 1. The van der Waals surface area contributed by atoms with Gasteiger partial charge in [0, 0.05) is 16.8 Å². The summed E-state index contributed by atoms with van der Waals surface area (Å²) < 4.78 is 27.6. The van der Waals surface area contributed by atoms with Crippen molar-refractivity contribution in [3.63, 3.8) is 0 Å². The van der Waals surface area contributed by atoms with Crippen molar-refractivity contribution in [2.45, 2.75) is 38.0 Å². The number of hydrogen-bond donors (Lipinski definition) is 1. The monoisotopic (exact) mass is 444 g/mol. The lowest BCUT2D eigenvalue weighted by Gasteiger charge is -2.13. The van der Waals surface area contributed by atoms with E-state index in [-0.39, 0.29) is 17.4 Å². The summed E-state index contributed by atoms with van der Waals surface area (Å²) in [6.07, 6.45) is 18.9. The van der Waals surface area contributed by atoms with Crippen LogP contribution < -0.4 is 5.32 Å². The van der Waals surface area contributed by atoms with Gasteiger partial charge in [0.2, 0.25) is 5.91 Å². The van der Waals surface area contributed by atoms with Gasteiger partial charge >= 0.3 is 0 Å². The van der Waals surface area contributed by atoms with E-state index in [1.54, 1.807) is 12.3 Å². The van der Waals surface area contributed by atoms with Gasteiger partial charge in [0.25, 0.3) is 5.92 Å². The minimum Gasteiger partial charge on any atom is -0.323 e. The molecule has 3 nitrogen and oxygen atoms in total. The number of nitrogens with one attached hydrogen (secondary N) is 1. The van der Waals surface area contributed by atoms with Crippen molar-refractivity contribution in [3.05, 3.63) is 108 Å². The Morgan fingerprint density at radius 1 is 1.30 bits per heavy atom. The van der Waals surface area contributed by atoms with Gasteiger partial charge in [-0.2, -0.15) is 8.78 Å². The summed E-state index contributed by atoms with van der Waals surface area (Å²) >= 11 is 0. The van der Waals surface area contributed by atoms with E-state index in [1.807, 2.05) is 12.2 Å². The zero-order valence-electron chi connectivity index (χ0n) is 18.4. The predicted octanol–water partition coefficient (Wildman–Crippen LogP) is 6.96. The van der Waals surface area contributed by atoms with Gasteiger partial charge in [0.15, 0.2) is 0 Å². The highest BCUT2D eigenvalue weighted by Gasteiger charge is 2.27. The van der Waals surface area contributed by atoms with Crippen LogP contribution in [0.15, 0.2) is 107 Å². The Morgan fingerprint density at radius 3 is 3.03 bits per heavy atom. The molecule has 1 N–H and O–H groups in total. The molecule has 0 spiro atoms. The number of amides is 1. The zero-order chi connectivity index (χ0) is 23.3. The zero-order valence-corrected chi connectivity index (χ0v) is 18.4. The molecule has 0 bridgehead atoms. The first-order valence-corrected chi connectivity index (χ1v) is 11.2. The first-order valence-electron chi connectivity index (χ1n) is 11.2. The highest BCUT2D eigenvalue weighted by atomic mass is 19.3. The third-order valence-electron chi connectivity index (χ3n) is 6.06. The molecule has 168 valence electrons. The summed E-state index contributed by atoms with van der Waals surface area (Å²) in [6.45, 7) is 3.17. The van der Waals surface area contributed by atoms with E-state index < -0.39 is 5.92 Å². The van der Waals surface area contributed by atoms with Crippen LogP contribution in [0.1, 0.15) is 37.7 Å². The lowest BCUT2D eigenvalue weighted by molar-refractivity contribution is -0.111. The molecule has 0 radical (unpaired) electrons. The third-order valence-corrected chi connectivity index (χ3v) is 6.06. The number of allylic oxidation sites excluding steroid dienone is 9. The number of halogens is 2. The van der Waals surface area contributed by atoms with Crippen molar-refractivity contribution in [1.29, 1.82) is 0 Å². The molecule has 0 aromatic heterocycles. The maximum Gasteiger partial charge on any atom is 0.291 e. The van der Waals surface area contributed by atoms with Crippen LogP contribution in [0.4, 0.5) is 14.5 Å². The van der Waals surface area contributed by atoms with Gasteiger partial charge in [-0.3, -0.25) is 4.79 Å². The van der Waals surface area contributed by atoms with E-state index in [0.29, 0.717) is 11.8 Å². The van der Waals surface area contributed by atoms with Crippen LogP contribution in [0.3, 0.4) is 0 Å². The largest absolute Gasteiger partial charge is 0.323 e. The molecule has 1 aromatic carbocycles. The summed E-state index contributed by atoms with van der Waals surface area (Å²) in [5.74, 6) is -3.21. The van der Waals surface area contributed by atoms with Crippen LogP contribution in [-0.2, 0) is 10.7 Å². The molecule has 1 aliphatic heterocycles. The van der Waals surface area contributed by atoms with Crippen molar-refractivity contribution in [2.75, 3.05) is 5.32 Å². The Kier molecular flexibility index (Phi) is 6.81. The van der Waals surface area contributed by atoms with Gasteiger partial charge in [-0.15, -0.1) is 5.73 Å². The van der Waals surface area contributed by atoms with Gasteiger partial charge in [0.1, 0.15) is 0 Å². The average Bonchev–Trinajstić information content (AvgIpc) is 3.02. The van der Waals surface area contributed by atoms with Crippen LogP contribution in [-0.4, -0.2) is 11.6 Å². The van der Waals surface area contributed by atoms with E-state index in [1.165, 1.54) is 41.0 Å². The van der Waals surface area contributed by atoms with Crippen LogP contribution in [0.5, 0.6) is 0 Å². The molecule has 1 amide bonds. The SMILES string of the molecule is C=CC(F)(F)c1cccc(NC(=O)C=CC2CCC=C(C3=NC=C=CC4=C3C=CC4)CC2)c1.